The summed E-state index contributed by atoms with van der Waals surface area (Å²) in [4.78, 5) is 12.6. The third-order valence-corrected chi connectivity index (χ3v) is 7.24. The number of hydrogen-bond acceptors (Lipinski definition) is 3. The normalized spacial score (nSPS) is 17.5. The van der Waals surface area contributed by atoms with E-state index < -0.39 is 0 Å². The molecule has 0 saturated carbocycles. The van der Waals surface area contributed by atoms with Gasteiger partial charge in [0, 0.05) is 28.7 Å². The molecule has 2 unspecified atom stereocenters. The van der Waals surface area contributed by atoms with Gasteiger partial charge in [-0.15, -0.1) is 0 Å². The minimum atomic E-state index is 0.0805. The van der Waals surface area contributed by atoms with E-state index in [1.165, 1.54) is 16.7 Å². The first-order valence-electron chi connectivity index (χ1n) is 12.7. The molecule has 0 fully saturated rings. The number of nitrogens with zero attached hydrogens (tertiary/aromatic N) is 3. The third-order valence-electron chi connectivity index (χ3n) is 7.24. The quantitative estimate of drug-likeness (QED) is 0.263. The molecule has 2 atom stereocenters. The van der Waals surface area contributed by atoms with Crippen LogP contribution in [0.1, 0.15) is 11.5 Å². The van der Waals surface area contributed by atoms with Gasteiger partial charge in [-0.1, -0.05) is 127 Å². The average Bonchev–Trinajstić information content (AvgIpc) is 3.11. The summed E-state index contributed by atoms with van der Waals surface area (Å²) in [5, 5.41) is 0. The minimum Gasteiger partial charge on any atom is -0.318 e. The fourth-order valence-corrected chi connectivity index (χ4v) is 5.54. The zero-order chi connectivity index (χ0) is 24.6. The Morgan fingerprint density at radius 3 is 2.03 bits per heavy atom. The van der Waals surface area contributed by atoms with Gasteiger partial charge in [0.25, 0.3) is 0 Å². The molecule has 1 aliphatic heterocycles. The topological polar surface area (TPSA) is 29.0 Å². The van der Waals surface area contributed by atoms with Crippen LogP contribution in [0.25, 0.3) is 33.8 Å². The van der Waals surface area contributed by atoms with E-state index in [0.29, 0.717) is 0 Å². The monoisotopic (exact) mass is 475 g/mol. The highest BCUT2D eigenvalue weighted by atomic mass is 15.2. The molecule has 1 aromatic heterocycles. The van der Waals surface area contributed by atoms with Crippen LogP contribution in [0.2, 0.25) is 0 Å². The van der Waals surface area contributed by atoms with E-state index in [1.54, 1.807) is 0 Å². The van der Waals surface area contributed by atoms with Crippen LogP contribution in [0.3, 0.4) is 0 Å². The van der Waals surface area contributed by atoms with Crippen LogP contribution in [0.4, 0.5) is 11.5 Å². The summed E-state index contributed by atoms with van der Waals surface area (Å²) in [6.07, 6.45) is 8.94. The Labute approximate surface area is 217 Å². The average molecular weight is 476 g/mol. The van der Waals surface area contributed by atoms with Crippen LogP contribution in [-0.4, -0.2) is 16.0 Å². The Hall–Kier alpha value is -4.76. The summed E-state index contributed by atoms with van der Waals surface area (Å²) in [5.41, 5.74) is 7.97. The summed E-state index contributed by atoms with van der Waals surface area (Å²) in [6.45, 7) is 0. The first-order valence-corrected chi connectivity index (χ1v) is 12.7. The number of allylic oxidation sites excluding steroid dienone is 2. The summed E-state index contributed by atoms with van der Waals surface area (Å²) in [7, 11) is 0. The molecular formula is C34H25N3. The van der Waals surface area contributed by atoms with E-state index in [2.05, 4.69) is 120 Å². The SMILES string of the molecule is C1=CC2c3ccccc3-c3ccccc3N(c3cc(-c4ccccc4)nc(-c4ccccc4)n3)C2C=C1. The van der Waals surface area contributed by atoms with E-state index >= 15 is 0 Å². The highest BCUT2D eigenvalue weighted by molar-refractivity contribution is 5.87. The van der Waals surface area contributed by atoms with Crippen LogP contribution in [0, 0.1) is 0 Å². The largest absolute Gasteiger partial charge is 0.318 e. The Morgan fingerprint density at radius 2 is 1.22 bits per heavy atom. The summed E-state index contributed by atoms with van der Waals surface area (Å²) in [6, 6.07) is 40.3. The number of para-hydroxylation sites is 1. The Bertz CT molecular complexity index is 1580. The van der Waals surface area contributed by atoms with Crippen molar-refractivity contribution in [2.75, 3.05) is 4.90 Å². The highest BCUT2D eigenvalue weighted by Crippen LogP contribution is 2.47. The van der Waals surface area contributed by atoms with E-state index in [1.807, 2.05) is 24.3 Å². The smallest absolute Gasteiger partial charge is 0.162 e. The molecule has 5 aromatic rings. The molecule has 0 amide bonds. The van der Waals surface area contributed by atoms with Crippen LogP contribution in [0.15, 0.2) is 140 Å². The van der Waals surface area contributed by atoms with Crippen molar-refractivity contribution in [1.82, 2.24) is 9.97 Å². The number of hydrogen-bond donors (Lipinski definition) is 0. The fraction of sp³-hybridized carbons (Fsp3) is 0.0588. The molecule has 3 nitrogen and oxygen atoms in total. The lowest BCUT2D eigenvalue weighted by molar-refractivity contribution is 0.691. The molecule has 7 rings (SSSR count). The van der Waals surface area contributed by atoms with Gasteiger partial charge >= 0.3 is 0 Å². The molecule has 0 saturated heterocycles. The predicted molar refractivity (Wildman–Crippen MR) is 152 cm³/mol. The predicted octanol–water partition coefficient (Wildman–Crippen LogP) is 8.21. The Morgan fingerprint density at radius 1 is 0.568 bits per heavy atom. The number of anilines is 2. The van der Waals surface area contributed by atoms with Gasteiger partial charge in [-0.2, -0.15) is 0 Å². The number of rotatable bonds is 3. The summed E-state index contributed by atoms with van der Waals surface area (Å²) < 4.78 is 0. The van der Waals surface area contributed by atoms with Gasteiger partial charge in [-0.25, -0.2) is 9.97 Å². The molecule has 2 heterocycles. The van der Waals surface area contributed by atoms with Crippen LogP contribution < -0.4 is 4.90 Å². The van der Waals surface area contributed by atoms with Crippen molar-refractivity contribution in [2.24, 2.45) is 0 Å². The summed E-state index contributed by atoms with van der Waals surface area (Å²) in [5.74, 6) is 1.81. The molecule has 176 valence electrons. The number of fused-ring (bicyclic) bond motifs is 5. The molecule has 0 radical (unpaired) electrons. The van der Waals surface area contributed by atoms with Crippen LogP contribution in [-0.2, 0) is 0 Å². The lowest BCUT2D eigenvalue weighted by atomic mass is 9.85. The minimum absolute atomic E-state index is 0.0805. The maximum Gasteiger partial charge on any atom is 0.162 e. The van der Waals surface area contributed by atoms with Gasteiger partial charge in [0.15, 0.2) is 5.82 Å². The second-order valence-corrected chi connectivity index (χ2v) is 9.43. The Balaban J connectivity index is 1.50. The molecule has 0 bridgehead atoms. The fourth-order valence-electron chi connectivity index (χ4n) is 5.54. The maximum atomic E-state index is 5.20. The Kier molecular flexibility index (Phi) is 5.25. The number of benzene rings is 4. The molecule has 37 heavy (non-hydrogen) atoms. The van der Waals surface area contributed by atoms with Crippen molar-refractivity contribution in [3.63, 3.8) is 0 Å². The molecule has 4 aromatic carbocycles. The van der Waals surface area contributed by atoms with E-state index in [0.717, 1.165) is 34.2 Å². The standard InChI is InChI=1S/C34H25N3/c1-3-13-24(14-4-1)30-23-33(36-34(35-30)25-15-5-2-6-16-25)37-31-21-11-9-19-28(31)26-17-7-8-18-27(26)29-20-10-12-22-32(29)37/h1-23,28,31H. The first kappa shape index (κ1) is 21.5. The zero-order valence-corrected chi connectivity index (χ0v) is 20.3. The van der Waals surface area contributed by atoms with Gasteiger partial charge < -0.3 is 4.90 Å². The molecule has 1 aliphatic carbocycles. The maximum absolute atomic E-state index is 5.20. The van der Waals surface area contributed by atoms with Crippen molar-refractivity contribution >= 4 is 11.5 Å². The molecule has 0 spiro atoms. The van der Waals surface area contributed by atoms with Gasteiger partial charge in [-0.05, 0) is 17.2 Å². The number of aromatic nitrogens is 2. The van der Waals surface area contributed by atoms with Gasteiger partial charge in [-0.3, -0.25) is 0 Å². The summed E-state index contributed by atoms with van der Waals surface area (Å²) >= 11 is 0. The molecule has 0 N–H and O–H groups in total. The molecular weight excluding hydrogens is 450 g/mol. The lowest BCUT2D eigenvalue weighted by Gasteiger charge is -2.35. The van der Waals surface area contributed by atoms with E-state index in [4.69, 9.17) is 9.97 Å². The van der Waals surface area contributed by atoms with Crippen LogP contribution in [0.5, 0.6) is 0 Å². The van der Waals surface area contributed by atoms with Crippen molar-refractivity contribution in [1.29, 1.82) is 0 Å². The van der Waals surface area contributed by atoms with Gasteiger partial charge in [0.2, 0.25) is 0 Å². The first-order chi connectivity index (χ1) is 18.4. The highest BCUT2D eigenvalue weighted by Gasteiger charge is 2.35. The third kappa shape index (κ3) is 3.76. The van der Waals surface area contributed by atoms with Crippen molar-refractivity contribution in [2.45, 2.75) is 12.0 Å². The van der Waals surface area contributed by atoms with Gasteiger partial charge in [0.05, 0.1) is 17.4 Å². The van der Waals surface area contributed by atoms with Crippen molar-refractivity contribution in [3.8, 4) is 33.8 Å². The van der Waals surface area contributed by atoms with E-state index in [9.17, 15) is 0 Å². The van der Waals surface area contributed by atoms with Crippen LogP contribution >= 0.6 is 0 Å². The van der Waals surface area contributed by atoms with Gasteiger partial charge in [0.1, 0.15) is 5.82 Å². The zero-order valence-electron chi connectivity index (χ0n) is 20.3. The van der Waals surface area contributed by atoms with Crippen molar-refractivity contribution in [3.05, 3.63) is 145 Å². The second-order valence-electron chi connectivity index (χ2n) is 9.43. The van der Waals surface area contributed by atoms with Crippen molar-refractivity contribution < 1.29 is 0 Å². The molecule has 3 heteroatoms. The molecule has 2 aliphatic rings. The van der Waals surface area contributed by atoms with E-state index in [-0.39, 0.29) is 12.0 Å². The second kappa shape index (κ2) is 9.03. The lowest BCUT2D eigenvalue weighted by Crippen LogP contribution is -2.35.